The van der Waals surface area contributed by atoms with Gasteiger partial charge < -0.3 is 5.32 Å². The first-order valence-corrected chi connectivity index (χ1v) is 7.95. The lowest BCUT2D eigenvalue weighted by Crippen LogP contribution is -2.42. The van der Waals surface area contributed by atoms with Crippen molar-refractivity contribution in [3.63, 3.8) is 0 Å². The van der Waals surface area contributed by atoms with Crippen molar-refractivity contribution in [2.75, 3.05) is 0 Å². The average molecular weight is 273 g/mol. The van der Waals surface area contributed by atoms with E-state index < -0.39 is 0 Å². The Morgan fingerprint density at radius 2 is 2.00 bits per heavy atom. The summed E-state index contributed by atoms with van der Waals surface area (Å²) < 4.78 is 0. The Kier molecular flexibility index (Phi) is 5.22. The van der Waals surface area contributed by atoms with Crippen molar-refractivity contribution in [2.45, 2.75) is 65.3 Å². The average Bonchev–Trinajstić information content (AvgIpc) is 2.43. The van der Waals surface area contributed by atoms with Gasteiger partial charge in [-0.2, -0.15) is 0 Å². The van der Waals surface area contributed by atoms with E-state index in [1.165, 1.54) is 36.8 Å². The number of benzene rings is 1. The normalized spacial score (nSPS) is 22.6. The molecular formula is C18H27NO. The lowest BCUT2D eigenvalue weighted by Gasteiger charge is -2.31. The van der Waals surface area contributed by atoms with Crippen LogP contribution in [0.15, 0.2) is 18.2 Å². The van der Waals surface area contributed by atoms with Crippen molar-refractivity contribution in [1.82, 2.24) is 5.32 Å². The van der Waals surface area contributed by atoms with Gasteiger partial charge in [0.2, 0.25) is 5.91 Å². The van der Waals surface area contributed by atoms with Gasteiger partial charge >= 0.3 is 0 Å². The van der Waals surface area contributed by atoms with Gasteiger partial charge in [0.1, 0.15) is 0 Å². The summed E-state index contributed by atoms with van der Waals surface area (Å²) in [5.41, 5.74) is 3.59. The molecule has 110 valence electrons. The molecule has 1 aromatic carbocycles. The predicted molar refractivity (Wildman–Crippen MR) is 83.8 cm³/mol. The highest BCUT2D eigenvalue weighted by atomic mass is 16.1. The Labute approximate surface area is 123 Å². The molecule has 2 unspecified atom stereocenters. The molecule has 2 heteroatoms. The zero-order valence-corrected chi connectivity index (χ0v) is 13.0. The number of nitrogens with one attached hydrogen (secondary N) is 1. The monoisotopic (exact) mass is 273 g/mol. The first kappa shape index (κ1) is 15.1. The molecule has 1 fully saturated rings. The molecule has 0 aromatic heterocycles. The fraction of sp³-hybridized carbons (Fsp3) is 0.611. The predicted octanol–water partition coefficient (Wildman–Crippen LogP) is 3.93. The maximum absolute atomic E-state index is 12.3. The molecule has 1 N–H and O–H groups in total. The molecule has 1 amide bonds. The first-order chi connectivity index (χ1) is 9.60. The number of carbonyl (C=O) groups excluding carboxylic acids is 1. The van der Waals surface area contributed by atoms with E-state index in [-0.39, 0.29) is 5.91 Å². The van der Waals surface area contributed by atoms with Gasteiger partial charge in [-0.3, -0.25) is 4.79 Å². The van der Waals surface area contributed by atoms with Crippen LogP contribution in [0, 0.1) is 19.8 Å². The van der Waals surface area contributed by atoms with Crippen molar-refractivity contribution in [3.05, 3.63) is 34.9 Å². The highest BCUT2D eigenvalue weighted by molar-refractivity contribution is 5.79. The highest BCUT2D eigenvalue weighted by Crippen LogP contribution is 2.26. The van der Waals surface area contributed by atoms with Gasteiger partial charge in [0.05, 0.1) is 6.42 Å². The zero-order valence-electron chi connectivity index (χ0n) is 13.0. The third kappa shape index (κ3) is 3.84. The van der Waals surface area contributed by atoms with E-state index in [0.717, 1.165) is 12.0 Å². The molecule has 0 spiro atoms. The summed E-state index contributed by atoms with van der Waals surface area (Å²) in [6.07, 6.45) is 6.68. The summed E-state index contributed by atoms with van der Waals surface area (Å²) in [6, 6.07) is 6.73. The van der Waals surface area contributed by atoms with Crippen LogP contribution in [-0.2, 0) is 11.2 Å². The lowest BCUT2D eigenvalue weighted by molar-refractivity contribution is -0.121. The molecule has 0 aliphatic heterocycles. The van der Waals surface area contributed by atoms with Crippen LogP contribution >= 0.6 is 0 Å². The Morgan fingerprint density at radius 3 is 2.75 bits per heavy atom. The molecule has 1 saturated carbocycles. The van der Waals surface area contributed by atoms with Gasteiger partial charge in [-0.25, -0.2) is 0 Å². The molecule has 2 nitrogen and oxygen atoms in total. The van der Waals surface area contributed by atoms with Crippen LogP contribution in [0.4, 0.5) is 0 Å². The van der Waals surface area contributed by atoms with Gasteiger partial charge in [0.15, 0.2) is 0 Å². The van der Waals surface area contributed by atoms with E-state index in [2.05, 4.69) is 44.3 Å². The van der Waals surface area contributed by atoms with E-state index in [0.29, 0.717) is 18.4 Å². The van der Waals surface area contributed by atoms with Crippen molar-refractivity contribution in [1.29, 1.82) is 0 Å². The minimum Gasteiger partial charge on any atom is -0.353 e. The number of amides is 1. The van der Waals surface area contributed by atoms with Gasteiger partial charge in [-0.15, -0.1) is 0 Å². The fourth-order valence-corrected chi connectivity index (χ4v) is 3.31. The molecule has 0 radical (unpaired) electrons. The van der Waals surface area contributed by atoms with Crippen molar-refractivity contribution < 1.29 is 4.79 Å². The summed E-state index contributed by atoms with van der Waals surface area (Å²) in [7, 11) is 0. The third-order valence-electron chi connectivity index (χ3n) is 4.64. The second-order valence-corrected chi connectivity index (χ2v) is 6.23. The summed E-state index contributed by atoms with van der Waals surface area (Å²) in [5, 5.41) is 3.28. The lowest BCUT2D eigenvalue weighted by atomic mass is 9.83. The topological polar surface area (TPSA) is 29.1 Å². The quantitative estimate of drug-likeness (QED) is 0.884. The number of aryl methyl sites for hydroxylation is 2. The van der Waals surface area contributed by atoms with Gasteiger partial charge in [0.25, 0.3) is 0 Å². The number of carbonyl (C=O) groups is 1. The Morgan fingerprint density at radius 1 is 1.25 bits per heavy atom. The largest absolute Gasteiger partial charge is 0.353 e. The summed E-state index contributed by atoms with van der Waals surface area (Å²) >= 11 is 0. The maximum Gasteiger partial charge on any atom is 0.224 e. The smallest absolute Gasteiger partial charge is 0.224 e. The van der Waals surface area contributed by atoms with Crippen molar-refractivity contribution >= 4 is 5.91 Å². The molecule has 20 heavy (non-hydrogen) atoms. The molecule has 2 atom stereocenters. The molecular weight excluding hydrogens is 246 g/mol. The van der Waals surface area contributed by atoms with Crippen LogP contribution in [-0.4, -0.2) is 11.9 Å². The SMILES string of the molecule is CCC1CCCCC1NC(=O)Cc1cc(C)ccc1C. The standard InChI is InChI=1S/C18H27NO/c1-4-15-7-5-6-8-17(15)19-18(20)12-16-11-13(2)9-10-14(16)3/h9-11,15,17H,4-8,12H2,1-3H3,(H,19,20). The van der Waals surface area contributed by atoms with Crippen LogP contribution in [0.2, 0.25) is 0 Å². The fourth-order valence-electron chi connectivity index (χ4n) is 3.31. The minimum absolute atomic E-state index is 0.184. The number of hydrogen-bond donors (Lipinski definition) is 1. The number of rotatable bonds is 4. The Hall–Kier alpha value is -1.31. The summed E-state index contributed by atoms with van der Waals surface area (Å²) in [5.74, 6) is 0.857. The van der Waals surface area contributed by atoms with E-state index in [9.17, 15) is 4.79 Å². The molecule has 1 aliphatic rings. The Balaban J connectivity index is 1.96. The minimum atomic E-state index is 0.184. The van der Waals surface area contributed by atoms with Crippen molar-refractivity contribution in [2.24, 2.45) is 5.92 Å². The molecule has 0 saturated heterocycles. The maximum atomic E-state index is 12.3. The van der Waals surface area contributed by atoms with Gasteiger partial charge in [0, 0.05) is 6.04 Å². The van der Waals surface area contributed by atoms with E-state index in [4.69, 9.17) is 0 Å². The zero-order chi connectivity index (χ0) is 14.5. The van der Waals surface area contributed by atoms with Crippen LogP contribution in [0.5, 0.6) is 0 Å². The molecule has 0 heterocycles. The number of hydrogen-bond acceptors (Lipinski definition) is 1. The second-order valence-electron chi connectivity index (χ2n) is 6.23. The van der Waals surface area contributed by atoms with E-state index in [1.54, 1.807) is 0 Å². The van der Waals surface area contributed by atoms with Gasteiger partial charge in [-0.05, 0) is 43.7 Å². The molecule has 1 aromatic rings. The van der Waals surface area contributed by atoms with Crippen molar-refractivity contribution in [3.8, 4) is 0 Å². The molecule has 2 rings (SSSR count). The third-order valence-corrected chi connectivity index (χ3v) is 4.64. The van der Waals surface area contributed by atoms with Crippen LogP contribution in [0.1, 0.15) is 55.7 Å². The molecule has 0 bridgehead atoms. The molecule has 1 aliphatic carbocycles. The van der Waals surface area contributed by atoms with Gasteiger partial charge in [-0.1, -0.05) is 49.9 Å². The summed E-state index contributed by atoms with van der Waals surface area (Å²) in [4.78, 5) is 12.3. The van der Waals surface area contributed by atoms with Crippen LogP contribution in [0.3, 0.4) is 0 Å². The van der Waals surface area contributed by atoms with E-state index >= 15 is 0 Å². The summed E-state index contributed by atoms with van der Waals surface area (Å²) in [6.45, 7) is 6.40. The van der Waals surface area contributed by atoms with E-state index in [1.807, 2.05) is 0 Å². The highest BCUT2D eigenvalue weighted by Gasteiger charge is 2.24. The second kappa shape index (κ2) is 6.92. The van der Waals surface area contributed by atoms with Crippen LogP contribution < -0.4 is 5.32 Å². The van der Waals surface area contributed by atoms with Crippen LogP contribution in [0.25, 0.3) is 0 Å². The Bertz CT molecular complexity index is 466. The first-order valence-electron chi connectivity index (χ1n) is 7.95.